The van der Waals surface area contributed by atoms with Gasteiger partial charge in [0.25, 0.3) is 0 Å². The number of carbonyl (C=O) groups excluding carboxylic acids is 2. The molecule has 1 aliphatic heterocycles. The highest BCUT2D eigenvalue weighted by Gasteiger charge is 2.40. The second kappa shape index (κ2) is 6.77. The van der Waals surface area contributed by atoms with Crippen molar-refractivity contribution in [3.63, 3.8) is 0 Å². The molecule has 1 fully saturated rings. The second-order valence-corrected chi connectivity index (χ2v) is 5.00. The van der Waals surface area contributed by atoms with Crippen LogP contribution in [0.4, 0.5) is 13.2 Å². The van der Waals surface area contributed by atoms with Gasteiger partial charge in [0.15, 0.2) is 0 Å². The van der Waals surface area contributed by atoms with E-state index >= 15 is 0 Å². The number of aliphatic carboxylic acids is 1. The average molecular weight is 310 g/mol. The van der Waals surface area contributed by atoms with Crippen LogP contribution in [-0.2, 0) is 14.4 Å². The number of amides is 2. The van der Waals surface area contributed by atoms with Crippen LogP contribution in [0.5, 0.6) is 0 Å². The summed E-state index contributed by atoms with van der Waals surface area (Å²) in [7, 11) is 0. The molecule has 6 nitrogen and oxygen atoms in total. The predicted molar refractivity (Wildman–Crippen MR) is 65.2 cm³/mol. The Balaban J connectivity index is 2.56. The third-order valence-electron chi connectivity index (χ3n) is 3.22. The molecule has 0 radical (unpaired) electrons. The van der Waals surface area contributed by atoms with Gasteiger partial charge in [0.05, 0.1) is 12.3 Å². The molecular formula is C12H17F3N2O4. The third-order valence-corrected chi connectivity index (χ3v) is 3.22. The van der Waals surface area contributed by atoms with Crippen LogP contribution < -0.4 is 5.32 Å². The quantitative estimate of drug-likeness (QED) is 0.758. The first-order valence-corrected chi connectivity index (χ1v) is 6.49. The molecule has 1 heterocycles. The number of hydrogen-bond donors (Lipinski definition) is 2. The van der Waals surface area contributed by atoms with Crippen LogP contribution in [0, 0.1) is 5.92 Å². The van der Waals surface area contributed by atoms with Gasteiger partial charge in [-0.15, -0.1) is 0 Å². The molecule has 9 heteroatoms. The van der Waals surface area contributed by atoms with Crippen molar-refractivity contribution in [2.45, 2.75) is 38.4 Å². The number of nitrogens with zero attached hydrogens (tertiary/aromatic N) is 1. The van der Waals surface area contributed by atoms with Crippen LogP contribution in [0.25, 0.3) is 0 Å². The van der Waals surface area contributed by atoms with Crippen molar-refractivity contribution in [1.29, 1.82) is 0 Å². The lowest BCUT2D eigenvalue weighted by Crippen LogP contribution is -2.41. The Morgan fingerprint density at radius 2 is 2.10 bits per heavy atom. The maximum atomic E-state index is 12.3. The van der Waals surface area contributed by atoms with Gasteiger partial charge in [-0.1, -0.05) is 6.92 Å². The molecule has 0 aromatic carbocycles. The number of hydrogen-bond acceptors (Lipinski definition) is 3. The molecule has 1 aliphatic rings. The Labute approximate surface area is 119 Å². The summed E-state index contributed by atoms with van der Waals surface area (Å²) in [5.74, 6) is -3.26. The zero-order valence-corrected chi connectivity index (χ0v) is 11.4. The largest absolute Gasteiger partial charge is 0.481 e. The van der Waals surface area contributed by atoms with Gasteiger partial charge in [0.1, 0.15) is 6.54 Å². The summed E-state index contributed by atoms with van der Waals surface area (Å²) in [5, 5.41) is 11.1. The highest BCUT2D eigenvalue weighted by molar-refractivity contribution is 5.89. The zero-order valence-electron chi connectivity index (χ0n) is 11.4. The second-order valence-electron chi connectivity index (χ2n) is 5.00. The van der Waals surface area contributed by atoms with E-state index in [-0.39, 0.29) is 19.4 Å². The van der Waals surface area contributed by atoms with Gasteiger partial charge in [-0.25, -0.2) is 0 Å². The molecular weight excluding hydrogens is 293 g/mol. The molecule has 2 unspecified atom stereocenters. The van der Waals surface area contributed by atoms with E-state index in [4.69, 9.17) is 5.11 Å². The van der Waals surface area contributed by atoms with E-state index in [2.05, 4.69) is 5.32 Å². The molecule has 120 valence electrons. The van der Waals surface area contributed by atoms with Crippen LogP contribution in [0.15, 0.2) is 0 Å². The van der Waals surface area contributed by atoms with Crippen LogP contribution in [0.3, 0.4) is 0 Å². The highest BCUT2D eigenvalue weighted by Crippen LogP contribution is 2.24. The number of carboxylic acids is 1. The molecule has 2 N–H and O–H groups in total. The molecule has 1 rings (SSSR count). The number of carboxylic acid groups (broad SMARTS) is 1. The summed E-state index contributed by atoms with van der Waals surface area (Å²) in [5.41, 5.74) is 0. The fraction of sp³-hybridized carbons (Fsp3) is 0.750. The van der Waals surface area contributed by atoms with E-state index in [1.165, 1.54) is 0 Å². The molecule has 21 heavy (non-hydrogen) atoms. The van der Waals surface area contributed by atoms with Crippen molar-refractivity contribution >= 4 is 17.8 Å². The number of rotatable bonds is 6. The smallest absolute Gasteiger partial charge is 0.406 e. The Morgan fingerprint density at radius 1 is 1.48 bits per heavy atom. The Kier molecular flexibility index (Phi) is 5.56. The van der Waals surface area contributed by atoms with E-state index in [1.54, 1.807) is 6.92 Å². The third kappa shape index (κ3) is 5.60. The van der Waals surface area contributed by atoms with E-state index in [9.17, 15) is 27.6 Å². The van der Waals surface area contributed by atoms with Gasteiger partial charge >= 0.3 is 12.1 Å². The minimum atomic E-state index is -4.50. The molecule has 2 amide bonds. The summed E-state index contributed by atoms with van der Waals surface area (Å²) in [6.07, 6.45) is -4.68. The zero-order chi connectivity index (χ0) is 16.2. The Morgan fingerprint density at radius 3 is 2.57 bits per heavy atom. The lowest BCUT2D eigenvalue weighted by molar-refractivity contribution is -0.157. The monoisotopic (exact) mass is 310 g/mol. The van der Waals surface area contributed by atoms with Crippen LogP contribution in [0.2, 0.25) is 0 Å². The van der Waals surface area contributed by atoms with Crippen molar-refractivity contribution in [1.82, 2.24) is 10.2 Å². The molecule has 0 saturated carbocycles. The summed E-state index contributed by atoms with van der Waals surface area (Å²) < 4.78 is 36.8. The number of carbonyl (C=O) groups is 3. The fourth-order valence-corrected chi connectivity index (χ4v) is 2.14. The minimum absolute atomic E-state index is 0.269. The molecule has 0 bridgehead atoms. The fourth-order valence-electron chi connectivity index (χ4n) is 2.14. The van der Waals surface area contributed by atoms with Crippen LogP contribution in [-0.4, -0.2) is 53.1 Å². The van der Waals surface area contributed by atoms with Crippen molar-refractivity contribution in [2.75, 3.05) is 13.1 Å². The number of likely N-dealkylation sites (tertiary alicyclic amines) is 1. The first kappa shape index (κ1) is 17.3. The topological polar surface area (TPSA) is 86.7 Å². The Hall–Kier alpha value is -1.80. The first-order chi connectivity index (χ1) is 9.62. The van der Waals surface area contributed by atoms with Crippen LogP contribution in [0.1, 0.15) is 26.2 Å². The maximum Gasteiger partial charge on any atom is 0.406 e. The Bertz CT molecular complexity index is 425. The lowest BCUT2D eigenvalue weighted by atomic mass is 10.1. The van der Waals surface area contributed by atoms with Crippen molar-refractivity contribution in [3.8, 4) is 0 Å². The van der Waals surface area contributed by atoms with Crippen molar-refractivity contribution < 1.29 is 32.7 Å². The minimum Gasteiger partial charge on any atom is -0.481 e. The summed E-state index contributed by atoms with van der Waals surface area (Å²) >= 11 is 0. The van der Waals surface area contributed by atoms with E-state index in [0.29, 0.717) is 11.3 Å². The van der Waals surface area contributed by atoms with E-state index in [1.807, 2.05) is 0 Å². The maximum absolute atomic E-state index is 12.3. The molecule has 1 saturated heterocycles. The first-order valence-electron chi connectivity index (χ1n) is 6.49. The summed E-state index contributed by atoms with van der Waals surface area (Å²) in [6, 6.07) is -0.596. The van der Waals surface area contributed by atoms with Gasteiger partial charge in [0.2, 0.25) is 11.8 Å². The predicted octanol–water partition coefficient (Wildman–Crippen LogP) is 0.767. The number of alkyl halides is 3. The van der Waals surface area contributed by atoms with Crippen molar-refractivity contribution in [2.24, 2.45) is 5.92 Å². The SMILES string of the molecule is CCC(CC(=O)O)NC(=O)C1CC(=O)N(CC(F)(F)F)C1. The van der Waals surface area contributed by atoms with Crippen molar-refractivity contribution in [3.05, 3.63) is 0 Å². The molecule has 2 atom stereocenters. The lowest BCUT2D eigenvalue weighted by Gasteiger charge is -2.19. The molecule has 0 aliphatic carbocycles. The molecule has 0 aromatic rings. The van der Waals surface area contributed by atoms with Gasteiger partial charge in [0, 0.05) is 19.0 Å². The van der Waals surface area contributed by atoms with Crippen LogP contribution >= 0.6 is 0 Å². The van der Waals surface area contributed by atoms with Gasteiger partial charge in [-0.3, -0.25) is 14.4 Å². The molecule has 0 aromatic heterocycles. The van der Waals surface area contributed by atoms with Gasteiger partial charge < -0.3 is 15.3 Å². The van der Waals surface area contributed by atoms with Gasteiger partial charge in [-0.2, -0.15) is 13.2 Å². The standard InChI is InChI=1S/C12H17F3N2O4/c1-2-8(4-10(19)20)16-11(21)7-3-9(18)17(5-7)6-12(13,14)15/h7-8H,2-6H2,1H3,(H,16,21)(H,19,20). The van der Waals surface area contributed by atoms with E-state index < -0.39 is 42.5 Å². The number of halogens is 3. The van der Waals surface area contributed by atoms with Gasteiger partial charge in [-0.05, 0) is 6.42 Å². The normalized spacial score (nSPS) is 20.5. The highest BCUT2D eigenvalue weighted by atomic mass is 19.4. The molecule has 0 spiro atoms. The average Bonchev–Trinajstić information content (AvgIpc) is 2.67. The van der Waals surface area contributed by atoms with E-state index in [0.717, 1.165) is 0 Å². The number of nitrogens with one attached hydrogen (secondary N) is 1. The summed E-state index contributed by atoms with van der Waals surface area (Å²) in [6.45, 7) is 0.0132. The summed E-state index contributed by atoms with van der Waals surface area (Å²) in [4.78, 5) is 34.5.